The topological polar surface area (TPSA) is 157 Å². The van der Waals surface area contributed by atoms with Gasteiger partial charge in [-0.05, 0) is 0 Å². The van der Waals surface area contributed by atoms with Crippen molar-refractivity contribution in [1.29, 1.82) is 0 Å². The standard InChI is InChI=1S/C6H13O9P/c7-1-2-3(8)4(9)5(10)6(14-2)15-16(11,12)13/h2-10H,1H2,(H2,11,12,13)/t2-,3-,4-,5+,6+/m0/s1. The zero-order valence-corrected chi connectivity index (χ0v) is 8.84. The molecule has 1 rings (SSSR count). The van der Waals surface area contributed by atoms with E-state index < -0.39 is 45.1 Å². The maximum absolute atomic E-state index is 10.5. The Morgan fingerprint density at radius 1 is 1.12 bits per heavy atom. The van der Waals surface area contributed by atoms with Crippen LogP contribution < -0.4 is 0 Å². The molecule has 1 fully saturated rings. The first-order chi connectivity index (χ1) is 7.26. The van der Waals surface area contributed by atoms with E-state index in [9.17, 15) is 19.9 Å². The molecule has 9 nitrogen and oxygen atoms in total. The Hall–Kier alpha value is -0.0900. The minimum absolute atomic E-state index is 0.702. The van der Waals surface area contributed by atoms with Crippen LogP contribution in [0.3, 0.4) is 0 Å². The second-order valence-electron chi connectivity index (χ2n) is 3.29. The molecular formula is C6H13O9P. The Labute approximate surface area is 90.1 Å². The molecule has 5 atom stereocenters. The van der Waals surface area contributed by atoms with E-state index in [-0.39, 0.29) is 0 Å². The van der Waals surface area contributed by atoms with E-state index >= 15 is 0 Å². The van der Waals surface area contributed by atoms with Crippen molar-refractivity contribution in [2.45, 2.75) is 30.7 Å². The fourth-order valence-electron chi connectivity index (χ4n) is 1.29. The summed E-state index contributed by atoms with van der Waals surface area (Å²) in [5.74, 6) is 0. The predicted octanol–water partition coefficient (Wildman–Crippen LogP) is -3.10. The average Bonchev–Trinajstić information content (AvgIpc) is 2.17. The maximum Gasteiger partial charge on any atom is 0.472 e. The summed E-state index contributed by atoms with van der Waals surface area (Å²) >= 11 is 0. The Balaban J connectivity index is 2.75. The van der Waals surface area contributed by atoms with Gasteiger partial charge in [-0.2, -0.15) is 0 Å². The van der Waals surface area contributed by atoms with Gasteiger partial charge in [0, 0.05) is 0 Å². The van der Waals surface area contributed by atoms with Crippen molar-refractivity contribution in [2.75, 3.05) is 6.61 Å². The molecule has 0 aliphatic carbocycles. The predicted molar refractivity (Wildman–Crippen MR) is 46.9 cm³/mol. The zero-order valence-electron chi connectivity index (χ0n) is 7.95. The molecule has 1 aliphatic rings. The van der Waals surface area contributed by atoms with E-state index in [1.807, 2.05) is 0 Å². The third-order valence-electron chi connectivity index (χ3n) is 2.09. The second kappa shape index (κ2) is 5.05. The minimum Gasteiger partial charge on any atom is -0.394 e. The van der Waals surface area contributed by atoms with Crippen LogP contribution in [-0.4, -0.2) is 67.5 Å². The molecule has 0 unspecified atom stereocenters. The molecule has 0 radical (unpaired) electrons. The number of aliphatic hydroxyl groups is 4. The lowest BCUT2D eigenvalue weighted by Gasteiger charge is -2.39. The molecule has 0 amide bonds. The number of ether oxygens (including phenoxy) is 1. The molecule has 96 valence electrons. The van der Waals surface area contributed by atoms with Gasteiger partial charge in [-0.3, -0.25) is 4.52 Å². The van der Waals surface area contributed by atoms with Crippen molar-refractivity contribution < 1.29 is 44.0 Å². The zero-order chi connectivity index (χ0) is 12.5. The van der Waals surface area contributed by atoms with E-state index in [4.69, 9.17) is 14.9 Å². The van der Waals surface area contributed by atoms with Gasteiger partial charge in [-0.25, -0.2) is 4.57 Å². The minimum atomic E-state index is -4.91. The van der Waals surface area contributed by atoms with Crippen molar-refractivity contribution in [3.8, 4) is 0 Å². The van der Waals surface area contributed by atoms with Gasteiger partial charge in [-0.15, -0.1) is 0 Å². The highest BCUT2D eigenvalue weighted by Gasteiger charge is 2.46. The Morgan fingerprint density at radius 3 is 2.12 bits per heavy atom. The van der Waals surface area contributed by atoms with Crippen molar-refractivity contribution in [2.24, 2.45) is 0 Å². The smallest absolute Gasteiger partial charge is 0.394 e. The Kier molecular flexibility index (Phi) is 4.41. The maximum atomic E-state index is 10.5. The van der Waals surface area contributed by atoms with Crippen molar-refractivity contribution >= 4 is 7.82 Å². The summed E-state index contributed by atoms with van der Waals surface area (Å²) in [4.78, 5) is 17.0. The van der Waals surface area contributed by atoms with Crippen LogP contribution in [0.4, 0.5) is 0 Å². The lowest BCUT2D eigenvalue weighted by atomic mass is 10.00. The average molecular weight is 260 g/mol. The number of rotatable bonds is 3. The lowest BCUT2D eigenvalue weighted by Crippen LogP contribution is -2.58. The van der Waals surface area contributed by atoms with Gasteiger partial charge in [-0.1, -0.05) is 0 Å². The summed E-state index contributed by atoms with van der Waals surface area (Å²) in [5, 5.41) is 36.6. The quantitative estimate of drug-likeness (QED) is 0.289. The van der Waals surface area contributed by atoms with Gasteiger partial charge in [0.25, 0.3) is 0 Å². The summed E-state index contributed by atoms with van der Waals surface area (Å²) in [5.41, 5.74) is 0. The molecule has 0 saturated carbocycles. The normalized spacial score (nSPS) is 41.0. The molecule has 0 aromatic heterocycles. The van der Waals surface area contributed by atoms with E-state index in [0.29, 0.717) is 0 Å². The summed E-state index contributed by atoms with van der Waals surface area (Å²) in [6.45, 7) is -0.702. The Morgan fingerprint density at radius 2 is 1.69 bits per heavy atom. The molecule has 1 heterocycles. The van der Waals surface area contributed by atoms with E-state index in [1.54, 1.807) is 0 Å². The van der Waals surface area contributed by atoms with Gasteiger partial charge in [0.05, 0.1) is 6.61 Å². The third-order valence-corrected chi connectivity index (χ3v) is 2.57. The number of hydrogen-bond acceptors (Lipinski definition) is 7. The van der Waals surface area contributed by atoms with Crippen LogP contribution in [-0.2, 0) is 13.8 Å². The fraction of sp³-hybridized carbons (Fsp3) is 1.00. The van der Waals surface area contributed by atoms with Crippen LogP contribution in [0.2, 0.25) is 0 Å². The number of phosphoric acid groups is 1. The van der Waals surface area contributed by atoms with Crippen molar-refractivity contribution in [3.05, 3.63) is 0 Å². The molecule has 1 aliphatic heterocycles. The number of hydrogen-bond donors (Lipinski definition) is 6. The van der Waals surface area contributed by atoms with Crippen LogP contribution in [0.1, 0.15) is 0 Å². The van der Waals surface area contributed by atoms with Gasteiger partial charge >= 0.3 is 7.82 Å². The summed E-state index contributed by atoms with van der Waals surface area (Å²) in [6.07, 6.45) is -8.25. The van der Waals surface area contributed by atoms with E-state index in [1.165, 1.54) is 0 Å². The molecule has 1 saturated heterocycles. The number of phosphoric ester groups is 1. The lowest BCUT2D eigenvalue weighted by molar-refractivity contribution is -0.280. The van der Waals surface area contributed by atoms with Gasteiger partial charge in [0.2, 0.25) is 0 Å². The van der Waals surface area contributed by atoms with Crippen LogP contribution >= 0.6 is 7.82 Å². The first kappa shape index (κ1) is 14.0. The monoisotopic (exact) mass is 260 g/mol. The highest BCUT2D eigenvalue weighted by Crippen LogP contribution is 2.40. The van der Waals surface area contributed by atoms with Crippen molar-refractivity contribution in [3.63, 3.8) is 0 Å². The molecule has 6 N–H and O–H groups in total. The molecule has 10 heteroatoms. The SMILES string of the molecule is O=P(O)(O)O[C@H]1O[C@@H](CO)[C@H](O)[C@H](O)[C@H]1O. The molecular weight excluding hydrogens is 247 g/mol. The van der Waals surface area contributed by atoms with Crippen LogP contribution in [0.5, 0.6) is 0 Å². The summed E-state index contributed by atoms with van der Waals surface area (Å²) in [6, 6.07) is 0. The summed E-state index contributed by atoms with van der Waals surface area (Å²) in [7, 11) is -4.91. The molecule has 0 aromatic carbocycles. The third kappa shape index (κ3) is 3.20. The van der Waals surface area contributed by atoms with Gasteiger partial charge in [0.15, 0.2) is 6.29 Å². The molecule has 16 heavy (non-hydrogen) atoms. The highest BCUT2D eigenvalue weighted by atomic mass is 31.2. The first-order valence-corrected chi connectivity index (χ1v) is 5.83. The van der Waals surface area contributed by atoms with E-state index in [0.717, 1.165) is 0 Å². The van der Waals surface area contributed by atoms with E-state index in [2.05, 4.69) is 9.26 Å². The van der Waals surface area contributed by atoms with Gasteiger partial charge < -0.3 is 34.9 Å². The van der Waals surface area contributed by atoms with Crippen LogP contribution in [0.25, 0.3) is 0 Å². The molecule has 0 spiro atoms. The van der Waals surface area contributed by atoms with Crippen LogP contribution in [0, 0.1) is 0 Å². The second-order valence-corrected chi connectivity index (χ2v) is 4.49. The first-order valence-electron chi connectivity index (χ1n) is 4.30. The van der Waals surface area contributed by atoms with Gasteiger partial charge in [0.1, 0.15) is 24.4 Å². The fourth-order valence-corrected chi connectivity index (χ4v) is 1.73. The largest absolute Gasteiger partial charge is 0.472 e. The number of aliphatic hydroxyl groups excluding tert-OH is 4. The Bertz CT molecular complexity index is 275. The van der Waals surface area contributed by atoms with Crippen LogP contribution in [0.15, 0.2) is 0 Å². The van der Waals surface area contributed by atoms with Crippen molar-refractivity contribution in [1.82, 2.24) is 0 Å². The highest BCUT2D eigenvalue weighted by molar-refractivity contribution is 7.46. The summed E-state index contributed by atoms with van der Waals surface area (Å²) < 4.78 is 19.2. The molecule has 0 aromatic rings. The molecule has 0 bridgehead atoms.